The molecular formula is C23H28O5. The molecule has 5 heteroatoms. The molecule has 3 N–H and O–H groups in total. The summed E-state index contributed by atoms with van der Waals surface area (Å²) < 4.78 is 0. The number of ketones is 1. The third-order valence-corrected chi connectivity index (χ3v) is 5.98. The topological polar surface area (TPSA) is 94.8 Å². The summed E-state index contributed by atoms with van der Waals surface area (Å²) in [6, 6.07) is 6.82. The van der Waals surface area contributed by atoms with Crippen LogP contribution in [0.1, 0.15) is 67.3 Å². The predicted molar refractivity (Wildman–Crippen MR) is 105 cm³/mol. The van der Waals surface area contributed by atoms with E-state index < -0.39 is 23.6 Å². The Balaban J connectivity index is 1.62. The Kier molecular flexibility index (Phi) is 6.53. The van der Waals surface area contributed by atoms with Gasteiger partial charge in [0.05, 0.1) is 17.6 Å². The van der Waals surface area contributed by atoms with Gasteiger partial charge in [0, 0.05) is 12.3 Å². The summed E-state index contributed by atoms with van der Waals surface area (Å²) in [5.74, 6) is 4.35. The second-order valence-electron chi connectivity index (χ2n) is 8.13. The number of carboxylic acid groups (broad SMARTS) is 1. The van der Waals surface area contributed by atoms with E-state index in [1.165, 1.54) is 0 Å². The van der Waals surface area contributed by atoms with Crippen LogP contribution < -0.4 is 0 Å². The van der Waals surface area contributed by atoms with Gasteiger partial charge < -0.3 is 15.3 Å². The van der Waals surface area contributed by atoms with E-state index in [2.05, 4.69) is 11.8 Å². The molecule has 3 atom stereocenters. The first-order valence-electron chi connectivity index (χ1n) is 10.2. The van der Waals surface area contributed by atoms with Crippen molar-refractivity contribution in [2.75, 3.05) is 0 Å². The second kappa shape index (κ2) is 8.89. The van der Waals surface area contributed by atoms with E-state index in [4.69, 9.17) is 5.11 Å². The average molecular weight is 384 g/mol. The van der Waals surface area contributed by atoms with Crippen molar-refractivity contribution in [2.24, 2.45) is 11.8 Å². The molecule has 0 amide bonds. The molecule has 3 rings (SSSR count). The third kappa shape index (κ3) is 5.01. The van der Waals surface area contributed by atoms with Gasteiger partial charge in [-0.25, -0.2) is 4.79 Å². The summed E-state index contributed by atoms with van der Waals surface area (Å²) in [6.45, 7) is 0. The number of carbonyl (C=O) groups excluding carboxylic acids is 1. The van der Waals surface area contributed by atoms with Crippen LogP contribution in [0.4, 0.5) is 0 Å². The smallest absolute Gasteiger partial charge is 0.335 e. The van der Waals surface area contributed by atoms with E-state index in [1.807, 2.05) is 6.07 Å². The van der Waals surface area contributed by atoms with Crippen LogP contribution in [0.3, 0.4) is 0 Å². The first-order chi connectivity index (χ1) is 13.4. The van der Waals surface area contributed by atoms with Gasteiger partial charge in [-0.2, -0.15) is 0 Å². The zero-order chi connectivity index (χ0) is 20.1. The van der Waals surface area contributed by atoms with Gasteiger partial charge in [-0.3, -0.25) is 4.79 Å². The monoisotopic (exact) mass is 384 g/mol. The van der Waals surface area contributed by atoms with Crippen LogP contribution in [0, 0.1) is 23.7 Å². The molecule has 0 saturated heterocycles. The van der Waals surface area contributed by atoms with E-state index in [1.54, 1.807) is 18.2 Å². The van der Waals surface area contributed by atoms with E-state index in [0.29, 0.717) is 32.1 Å². The number of aliphatic hydroxyl groups excluding tert-OH is 1. The largest absolute Gasteiger partial charge is 0.478 e. The van der Waals surface area contributed by atoms with Crippen LogP contribution in [-0.2, 0) is 11.2 Å². The van der Waals surface area contributed by atoms with Crippen molar-refractivity contribution < 1.29 is 24.9 Å². The summed E-state index contributed by atoms with van der Waals surface area (Å²) in [7, 11) is 0. The highest BCUT2D eigenvalue weighted by atomic mass is 16.4. The molecule has 1 aromatic rings. The van der Waals surface area contributed by atoms with Crippen LogP contribution in [0.2, 0.25) is 0 Å². The lowest BCUT2D eigenvalue weighted by Gasteiger charge is -2.27. The van der Waals surface area contributed by atoms with Crippen LogP contribution in [-0.4, -0.2) is 38.8 Å². The Morgan fingerprint density at radius 3 is 2.68 bits per heavy atom. The highest BCUT2D eigenvalue weighted by Crippen LogP contribution is 2.34. The highest BCUT2D eigenvalue weighted by Gasteiger charge is 2.40. The standard InChI is InChI=1S/C23H28O5/c24-20-15-21(25)19(10-13-23(28)11-2-1-3-12-23)18(20)9-5-7-16-6-4-8-17(14-16)22(26)27/h4,6,8,14,18-19,21,25,28H,1-3,5,7,9,11-12,15H2,(H,26,27)/t18-,19-,21-/m1/s1. The molecule has 0 aliphatic heterocycles. The summed E-state index contributed by atoms with van der Waals surface area (Å²) in [5, 5.41) is 29.9. The molecule has 1 aromatic carbocycles. The minimum atomic E-state index is -0.981. The molecule has 0 aromatic heterocycles. The number of Topliss-reactive ketones (excluding diaryl/α,β-unsaturated/α-hetero) is 1. The lowest BCUT2D eigenvalue weighted by atomic mass is 9.83. The van der Waals surface area contributed by atoms with Gasteiger partial charge in [-0.05, 0) is 62.6 Å². The van der Waals surface area contributed by atoms with Gasteiger partial charge in [0.25, 0.3) is 0 Å². The normalized spacial score (nSPS) is 26.5. The molecule has 150 valence electrons. The Morgan fingerprint density at radius 1 is 1.21 bits per heavy atom. The number of benzene rings is 1. The number of carboxylic acids is 1. The molecule has 0 radical (unpaired) electrons. The molecule has 0 heterocycles. The molecule has 2 fully saturated rings. The fourth-order valence-electron chi connectivity index (χ4n) is 4.36. The quantitative estimate of drug-likeness (QED) is 0.679. The van der Waals surface area contributed by atoms with Gasteiger partial charge in [-0.1, -0.05) is 30.4 Å². The molecule has 0 bridgehead atoms. The maximum Gasteiger partial charge on any atom is 0.335 e. The van der Waals surface area contributed by atoms with Crippen LogP contribution in [0.5, 0.6) is 0 Å². The zero-order valence-electron chi connectivity index (χ0n) is 16.1. The molecule has 2 aliphatic rings. The second-order valence-corrected chi connectivity index (χ2v) is 8.13. The predicted octanol–water partition coefficient (Wildman–Crippen LogP) is 2.97. The van der Waals surface area contributed by atoms with Crippen molar-refractivity contribution in [1.29, 1.82) is 0 Å². The first kappa shape index (κ1) is 20.6. The van der Waals surface area contributed by atoms with Gasteiger partial charge >= 0.3 is 5.97 Å². The molecular weight excluding hydrogens is 356 g/mol. The van der Waals surface area contributed by atoms with Gasteiger partial charge in [-0.15, -0.1) is 0 Å². The lowest BCUT2D eigenvalue weighted by Crippen LogP contribution is -2.30. The van der Waals surface area contributed by atoms with E-state index >= 15 is 0 Å². The van der Waals surface area contributed by atoms with Crippen LogP contribution in [0.15, 0.2) is 24.3 Å². The maximum absolute atomic E-state index is 12.3. The number of hydrogen-bond acceptors (Lipinski definition) is 4. The molecule has 2 saturated carbocycles. The summed E-state index contributed by atoms with van der Waals surface area (Å²) in [4.78, 5) is 23.4. The molecule has 0 spiro atoms. The molecule has 5 nitrogen and oxygen atoms in total. The van der Waals surface area contributed by atoms with Crippen molar-refractivity contribution in [3.05, 3.63) is 35.4 Å². The molecule has 0 unspecified atom stereocenters. The SMILES string of the molecule is O=C(O)c1cccc(CCC[C@H]2C(=O)C[C@@H](O)[C@@H]2C#CC2(O)CCCCC2)c1. The van der Waals surface area contributed by atoms with Gasteiger partial charge in [0.15, 0.2) is 0 Å². The number of hydrogen-bond donors (Lipinski definition) is 3. The fourth-order valence-corrected chi connectivity index (χ4v) is 4.36. The van der Waals surface area contributed by atoms with Crippen molar-refractivity contribution >= 4 is 11.8 Å². The van der Waals surface area contributed by atoms with E-state index in [0.717, 1.165) is 24.8 Å². The Hall–Kier alpha value is -2.16. The molecule has 28 heavy (non-hydrogen) atoms. The zero-order valence-corrected chi connectivity index (χ0v) is 16.1. The summed E-state index contributed by atoms with van der Waals surface area (Å²) in [6.07, 6.45) is 5.67. The number of rotatable bonds is 5. The summed E-state index contributed by atoms with van der Waals surface area (Å²) in [5.41, 5.74) is 0.199. The number of aryl methyl sites for hydroxylation is 1. The lowest BCUT2D eigenvalue weighted by molar-refractivity contribution is -0.121. The minimum absolute atomic E-state index is 0.0294. The maximum atomic E-state index is 12.3. The number of carbonyl (C=O) groups is 2. The van der Waals surface area contributed by atoms with Crippen LogP contribution >= 0.6 is 0 Å². The number of aromatic carboxylic acids is 1. The Labute approximate surface area is 165 Å². The van der Waals surface area contributed by atoms with Crippen molar-refractivity contribution in [2.45, 2.75) is 69.5 Å². The van der Waals surface area contributed by atoms with E-state index in [9.17, 15) is 19.8 Å². The molecule has 2 aliphatic carbocycles. The Morgan fingerprint density at radius 2 is 1.96 bits per heavy atom. The van der Waals surface area contributed by atoms with E-state index in [-0.39, 0.29) is 23.7 Å². The minimum Gasteiger partial charge on any atom is -0.478 e. The Bertz CT molecular complexity index is 782. The van der Waals surface area contributed by atoms with Crippen molar-refractivity contribution in [3.8, 4) is 11.8 Å². The summed E-state index contributed by atoms with van der Waals surface area (Å²) >= 11 is 0. The number of aliphatic hydroxyl groups is 2. The van der Waals surface area contributed by atoms with Crippen molar-refractivity contribution in [1.82, 2.24) is 0 Å². The van der Waals surface area contributed by atoms with Crippen molar-refractivity contribution in [3.63, 3.8) is 0 Å². The first-order valence-corrected chi connectivity index (χ1v) is 10.2. The third-order valence-electron chi connectivity index (χ3n) is 5.98. The highest BCUT2D eigenvalue weighted by molar-refractivity contribution is 5.87. The van der Waals surface area contributed by atoms with Crippen LogP contribution in [0.25, 0.3) is 0 Å². The average Bonchev–Trinajstić information content (AvgIpc) is 2.94. The van der Waals surface area contributed by atoms with Gasteiger partial charge in [0.2, 0.25) is 0 Å². The van der Waals surface area contributed by atoms with Gasteiger partial charge in [0.1, 0.15) is 11.4 Å². The fraction of sp³-hybridized carbons (Fsp3) is 0.565.